The number of aromatic carboxylic acids is 1. The zero-order valence-electron chi connectivity index (χ0n) is 24.1. The Hall–Kier alpha value is -4.30. The summed E-state index contributed by atoms with van der Waals surface area (Å²) >= 11 is 1.19. The second-order valence-electron chi connectivity index (χ2n) is 10.0. The third-order valence-electron chi connectivity index (χ3n) is 6.45. The minimum atomic E-state index is -1.12. The van der Waals surface area contributed by atoms with E-state index in [0.717, 1.165) is 0 Å². The maximum Gasteiger partial charge on any atom is 0.335 e. The number of ketones is 1. The summed E-state index contributed by atoms with van der Waals surface area (Å²) in [7, 11) is 0. The fourth-order valence-electron chi connectivity index (χ4n) is 3.98. The van der Waals surface area contributed by atoms with Crippen molar-refractivity contribution >= 4 is 47.1 Å². The van der Waals surface area contributed by atoms with Gasteiger partial charge in [-0.15, -0.1) is 0 Å². The first-order valence-corrected chi connectivity index (χ1v) is 14.8. The van der Waals surface area contributed by atoms with E-state index < -0.39 is 47.7 Å². The van der Waals surface area contributed by atoms with Crippen molar-refractivity contribution in [1.29, 1.82) is 0 Å². The van der Waals surface area contributed by atoms with E-state index in [1.165, 1.54) is 43.0 Å². The van der Waals surface area contributed by atoms with Crippen LogP contribution in [-0.2, 0) is 36.8 Å². The van der Waals surface area contributed by atoms with Crippen LogP contribution in [0.15, 0.2) is 48.8 Å². The summed E-state index contributed by atoms with van der Waals surface area (Å²) in [6.07, 6.45) is 3.55. The van der Waals surface area contributed by atoms with Crippen molar-refractivity contribution in [2.75, 3.05) is 18.1 Å². The number of rotatable bonds is 18. The molecule has 1 aromatic carbocycles. The lowest BCUT2D eigenvalue weighted by Crippen LogP contribution is -2.54. The van der Waals surface area contributed by atoms with E-state index in [4.69, 9.17) is 16.6 Å². The van der Waals surface area contributed by atoms with Gasteiger partial charge in [-0.2, -0.15) is 11.8 Å². The third-order valence-corrected chi connectivity index (χ3v) is 7.65. The van der Waals surface area contributed by atoms with Crippen LogP contribution < -0.4 is 27.4 Å². The number of nitrogens with one attached hydrogen (secondary N) is 3. The van der Waals surface area contributed by atoms with E-state index in [1.807, 2.05) is 0 Å². The number of nitrogens with zero attached hydrogens (tertiary/aromatic N) is 1. The minimum Gasteiger partial charge on any atom is -0.478 e. The van der Waals surface area contributed by atoms with Gasteiger partial charge in [0.1, 0.15) is 12.1 Å². The largest absolute Gasteiger partial charge is 0.478 e. The molecular weight excluding hydrogens is 576 g/mol. The lowest BCUT2D eigenvalue weighted by atomic mass is 10.0. The number of Topliss-reactive ketones (excluding diaryl/α,β-unsaturated/α-hetero) is 1. The summed E-state index contributed by atoms with van der Waals surface area (Å²) in [5.74, 6) is -3.76. The molecular formula is C29H38N6O7S. The van der Waals surface area contributed by atoms with Crippen LogP contribution in [0.5, 0.6) is 0 Å². The average Bonchev–Trinajstić information content (AvgIpc) is 2.96. The maximum absolute atomic E-state index is 13.3. The molecule has 1 aromatic heterocycles. The van der Waals surface area contributed by atoms with Gasteiger partial charge in [0.15, 0.2) is 5.78 Å². The van der Waals surface area contributed by atoms with E-state index in [1.54, 1.807) is 31.5 Å². The van der Waals surface area contributed by atoms with Gasteiger partial charge in [0.25, 0.3) is 0 Å². The SMILES string of the molecule is CC(=O)[C@H](CCN)NC(=O)[C@@H](C)CSCC(=O)N[C@@H](Cc1ccncc1)C(=O)N[C@@H](Cc1ccc(C(=O)O)cc1)C(N)=O. The summed E-state index contributed by atoms with van der Waals surface area (Å²) in [5, 5.41) is 17.1. The second-order valence-corrected chi connectivity index (χ2v) is 11.0. The van der Waals surface area contributed by atoms with Crippen LogP contribution in [0.3, 0.4) is 0 Å². The van der Waals surface area contributed by atoms with Gasteiger partial charge in [0.05, 0.1) is 17.4 Å². The molecule has 0 aliphatic heterocycles. The van der Waals surface area contributed by atoms with Crippen LogP contribution >= 0.6 is 11.8 Å². The van der Waals surface area contributed by atoms with Crippen LogP contribution in [0, 0.1) is 5.92 Å². The molecule has 1 heterocycles. The Bertz CT molecular complexity index is 1280. The first kappa shape index (κ1) is 34.9. The van der Waals surface area contributed by atoms with Gasteiger partial charge in [0, 0.05) is 36.9 Å². The van der Waals surface area contributed by atoms with Gasteiger partial charge < -0.3 is 32.5 Å². The highest BCUT2D eigenvalue weighted by Gasteiger charge is 2.27. The molecule has 43 heavy (non-hydrogen) atoms. The normalized spacial score (nSPS) is 13.6. The molecule has 0 saturated carbocycles. The van der Waals surface area contributed by atoms with E-state index >= 15 is 0 Å². The van der Waals surface area contributed by atoms with Crippen LogP contribution in [-0.4, -0.2) is 81.6 Å². The molecule has 0 bridgehead atoms. The number of thioether (sulfide) groups is 1. The highest BCUT2D eigenvalue weighted by Crippen LogP contribution is 2.11. The lowest BCUT2D eigenvalue weighted by Gasteiger charge is -2.22. The Labute approximate surface area is 253 Å². The Balaban J connectivity index is 2.02. The number of carboxylic acids is 1. The number of benzene rings is 1. The number of hydrogen-bond acceptors (Lipinski definition) is 9. The van der Waals surface area contributed by atoms with E-state index in [2.05, 4.69) is 20.9 Å². The molecule has 0 fully saturated rings. The molecule has 0 radical (unpaired) electrons. The molecule has 0 spiro atoms. The molecule has 0 unspecified atom stereocenters. The summed E-state index contributed by atoms with van der Waals surface area (Å²) in [6, 6.07) is 6.37. The molecule has 2 rings (SSSR count). The second kappa shape index (κ2) is 17.6. The number of aromatic nitrogens is 1. The fourth-order valence-corrected chi connectivity index (χ4v) is 4.87. The maximum atomic E-state index is 13.3. The standard InChI is InChI=1S/C29H38N6O7S/c1-17(27(39)34-22(7-10-30)18(2)36)15-43-16-25(37)33-24(14-20-8-11-32-12-9-20)28(40)35-23(26(31)38)13-19-3-5-21(6-4-19)29(41)42/h3-6,8-9,11-12,17,22-24H,7,10,13-16,30H2,1-2H3,(H2,31,38)(H,33,37)(H,34,39)(H,35,40)(H,41,42)/t17-,22-,23-,24-/m0/s1. The predicted octanol–water partition coefficient (Wildman–Crippen LogP) is -0.188. The van der Waals surface area contributed by atoms with Crippen LogP contribution in [0.4, 0.5) is 0 Å². The molecule has 0 aliphatic rings. The molecule has 4 atom stereocenters. The minimum absolute atomic E-state index is 0.0163. The number of carboxylic acid groups (broad SMARTS) is 1. The number of primary amides is 1. The van der Waals surface area contributed by atoms with Crippen molar-refractivity contribution in [3.63, 3.8) is 0 Å². The van der Waals surface area contributed by atoms with Gasteiger partial charge in [-0.25, -0.2) is 4.79 Å². The summed E-state index contributed by atoms with van der Waals surface area (Å²) in [4.78, 5) is 77.5. The van der Waals surface area contributed by atoms with Crippen LogP contribution in [0.1, 0.15) is 41.8 Å². The van der Waals surface area contributed by atoms with Crippen molar-refractivity contribution in [2.45, 2.75) is 51.2 Å². The summed E-state index contributed by atoms with van der Waals surface area (Å²) < 4.78 is 0. The van der Waals surface area contributed by atoms with Crippen molar-refractivity contribution in [3.05, 3.63) is 65.5 Å². The van der Waals surface area contributed by atoms with Crippen molar-refractivity contribution in [2.24, 2.45) is 17.4 Å². The average molecular weight is 615 g/mol. The van der Waals surface area contributed by atoms with Gasteiger partial charge in [0.2, 0.25) is 23.6 Å². The summed E-state index contributed by atoms with van der Waals surface area (Å²) in [6.45, 7) is 3.31. The van der Waals surface area contributed by atoms with Gasteiger partial charge in [-0.1, -0.05) is 19.1 Å². The smallest absolute Gasteiger partial charge is 0.335 e. The first-order chi connectivity index (χ1) is 20.4. The molecule has 13 nitrogen and oxygen atoms in total. The Morgan fingerprint density at radius 1 is 0.860 bits per heavy atom. The zero-order chi connectivity index (χ0) is 31.9. The highest BCUT2D eigenvalue weighted by atomic mass is 32.2. The highest BCUT2D eigenvalue weighted by molar-refractivity contribution is 7.99. The Morgan fingerprint density at radius 2 is 1.44 bits per heavy atom. The molecule has 232 valence electrons. The topological polar surface area (TPSA) is 224 Å². The number of carbonyl (C=O) groups is 6. The molecule has 14 heteroatoms. The van der Waals surface area contributed by atoms with E-state index in [9.17, 15) is 28.8 Å². The predicted molar refractivity (Wildman–Crippen MR) is 161 cm³/mol. The lowest BCUT2D eigenvalue weighted by molar-refractivity contribution is -0.130. The van der Waals surface area contributed by atoms with Crippen molar-refractivity contribution in [1.82, 2.24) is 20.9 Å². The number of hydrogen-bond donors (Lipinski definition) is 6. The van der Waals surface area contributed by atoms with Crippen LogP contribution in [0.2, 0.25) is 0 Å². The fraction of sp³-hybridized carbons (Fsp3) is 0.414. The monoisotopic (exact) mass is 614 g/mol. The quantitative estimate of drug-likeness (QED) is 0.130. The van der Waals surface area contributed by atoms with Gasteiger partial charge >= 0.3 is 5.97 Å². The molecule has 0 aliphatic carbocycles. The molecule has 0 saturated heterocycles. The number of nitrogens with two attached hydrogens (primary N) is 2. The first-order valence-electron chi connectivity index (χ1n) is 13.6. The number of amides is 4. The molecule has 8 N–H and O–H groups in total. The van der Waals surface area contributed by atoms with Crippen molar-refractivity contribution in [3.8, 4) is 0 Å². The number of carbonyl (C=O) groups excluding carboxylic acids is 5. The van der Waals surface area contributed by atoms with E-state index in [0.29, 0.717) is 17.5 Å². The third kappa shape index (κ3) is 12.2. The zero-order valence-corrected chi connectivity index (χ0v) is 24.9. The number of pyridine rings is 1. The van der Waals surface area contributed by atoms with Crippen molar-refractivity contribution < 1.29 is 33.9 Å². The van der Waals surface area contributed by atoms with Gasteiger partial charge in [-0.05, 0) is 55.3 Å². The molecule has 4 amide bonds. The molecule has 2 aromatic rings. The van der Waals surface area contributed by atoms with Gasteiger partial charge in [-0.3, -0.25) is 29.0 Å². The Kier molecular flexibility index (Phi) is 14.3. The summed E-state index contributed by atoms with van der Waals surface area (Å²) in [5.41, 5.74) is 12.4. The van der Waals surface area contributed by atoms with Crippen LogP contribution in [0.25, 0.3) is 0 Å². The van der Waals surface area contributed by atoms with E-state index in [-0.39, 0.29) is 48.1 Å². The Morgan fingerprint density at radius 3 is 2.00 bits per heavy atom.